The summed E-state index contributed by atoms with van der Waals surface area (Å²) in [6, 6.07) is 14.9. The molecule has 0 aliphatic rings. The second kappa shape index (κ2) is 8.93. The number of amides is 2. The fraction of sp³-hybridized carbons (Fsp3) is 0.316. The Morgan fingerprint density at radius 2 is 1.96 bits per heavy atom. The molecule has 0 fully saturated rings. The van der Waals surface area contributed by atoms with Gasteiger partial charge in [-0.25, -0.2) is 4.79 Å². The SMILES string of the molecule is COc1ccc(NC(=O)N[C@@H](CCCO)c2ccccc2)c(C)c1. The second-order valence-corrected chi connectivity index (χ2v) is 5.61. The van der Waals surface area contributed by atoms with Crippen LogP contribution in [0.25, 0.3) is 0 Å². The Bertz CT molecular complexity index is 659. The van der Waals surface area contributed by atoms with Crippen molar-refractivity contribution in [3.05, 3.63) is 59.7 Å². The quantitative estimate of drug-likeness (QED) is 0.727. The first kappa shape index (κ1) is 17.8. The first-order valence-electron chi connectivity index (χ1n) is 8.02. The van der Waals surface area contributed by atoms with Crippen LogP contribution in [0.15, 0.2) is 48.5 Å². The number of methoxy groups -OCH3 is 1. The van der Waals surface area contributed by atoms with Crippen LogP contribution in [0, 0.1) is 6.92 Å². The molecule has 128 valence electrons. The number of anilines is 1. The summed E-state index contributed by atoms with van der Waals surface area (Å²) in [7, 11) is 1.61. The second-order valence-electron chi connectivity index (χ2n) is 5.61. The van der Waals surface area contributed by atoms with E-state index in [1.807, 2.05) is 55.5 Å². The van der Waals surface area contributed by atoms with E-state index >= 15 is 0 Å². The third-order valence-corrected chi connectivity index (χ3v) is 3.84. The summed E-state index contributed by atoms with van der Waals surface area (Å²) < 4.78 is 5.17. The van der Waals surface area contributed by atoms with Crippen molar-refractivity contribution in [1.82, 2.24) is 5.32 Å². The smallest absolute Gasteiger partial charge is 0.319 e. The van der Waals surface area contributed by atoms with E-state index in [1.165, 1.54) is 0 Å². The molecule has 24 heavy (non-hydrogen) atoms. The number of aryl methyl sites for hydroxylation is 1. The monoisotopic (exact) mass is 328 g/mol. The van der Waals surface area contributed by atoms with Crippen LogP contribution in [0.3, 0.4) is 0 Å². The highest BCUT2D eigenvalue weighted by atomic mass is 16.5. The molecule has 0 bridgehead atoms. The van der Waals surface area contributed by atoms with Crippen LogP contribution in [0.5, 0.6) is 5.75 Å². The maximum atomic E-state index is 12.4. The summed E-state index contributed by atoms with van der Waals surface area (Å²) >= 11 is 0. The lowest BCUT2D eigenvalue weighted by Crippen LogP contribution is -2.33. The van der Waals surface area contributed by atoms with Gasteiger partial charge in [0.2, 0.25) is 0 Å². The molecule has 0 unspecified atom stereocenters. The Kier molecular flexibility index (Phi) is 6.63. The summed E-state index contributed by atoms with van der Waals surface area (Å²) in [5, 5.41) is 14.9. The van der Waals surface area contributed by atoms with Gasteiger partial charge in [0.15, 0.2) is 0 Å². The fourth-order valence-electron chi connectivity index (χ4n) is 2.52. The topological polar surface area (TPSA) is 70.6 Å². The number of aliphatic hydroxyl groups is 1. The number of hydrogen-bond acceptors (Lipinski definition) is 3. The van der Waals surface area contributed by atoms with Crippen LogP contribution in [0.2, 0.25) is 0 Å². The number of carbonyl (C=O) groups is 1. The third-order valence-electron chi connectivity index (χ3n) is 3.84. The molecule has 0 spiro atoms. The Morgan fingerprint density at radius 3 is 2.58 bits per heavy atom. The normalized spacial score (nSPS) is 11.6. The number of nitrogens with one attached hydrogen (secondary N) is 2. The molecule has 0 aliphatic carbocycles. The molecule has 2 aromatic rings. The van der Waals surface area contributed by atoms with E-state index in [-0.39, 0.29) is 18.7 Å². The van der Waals surface area contributed by atoms with Crippen LogP contribution in [-0.2, 0) is 0 Å². The lowest BCUT2D eigenvalue weighted by atomic mass is 10.0. The Morgan fingerprint density at radius 1 is 1.21 bits per heavy atom. The van der Waals surface area contributed by atoms with Gasteiger partial charge >= 0.3 is 6.03 Å². The van der Waals surface area contributed by atoms with Crippen LogP contribution in [0.1, 0.15) is 30.0 Å². The van der Waals surface area contributed by atoms with Gasteiger partial charge in [-0.3, -0.25) is 0 Å². The number of aliphatic hydroxyl groups excluding tert-OH is 1. The van der Waals surface area contributed by atoms with Crippen LogP contribution >= 0.6 is 0 Å². The molecule has 0 radical (unpaired) electrons. The van der Waals surface area contributed by atoms with Crippen molar-refractivity contribution in [3.8, 4) is 5.75 Å². The first-order chi connectivity index (χ1) is 11.6. The molecule has 3 N–H and O–H groups in total. The van der Waals surface area contributed by atoms with Crippen molar-refractivity contribution in [3.63, 3.8) is 0 Å². The lowest BCUT2D eigenvalue weighted by Gasteiger charge is -2.20. The molecular formula is C19H24N2O3. The zero-order valence-corrected chi connectivity index (χ0v) is 14.1. The minimum Gasteiger partial charge on any atom is -0.497 e. The minimum absolute atomic E-state index is 0.101. The molecule has 0 aromatic heterocycles. The zero-order chi connectivity index (χ0) is 17.4. The van der Waals surface area contributed by atoms with Gasteiger partial charge in [0.1, 0.15) is 5.75 Å². The molecule has 5 nitrogen and oxygen atoms in total. The number of carbonyl (C=O) groups excluding carboxylic acids is 1. The number of benzene rings is 2. The summed E-state index contributed by atoms with van der Waals surface area (Å²) in [5.74, 6) is 0.753. The van der Waals surface area contributed by atoms with Crippen molar-refractivity contribution in [1.29, 1.82) is 0 Å². The molecule has 2 amide bonds. The van der Waals surface area contributed by atoms with Crippen LogP contribution in [-0.4, -0.2) is 24.9 Å². The molecule has 0 saturated carbocycles. The van der Waals surface area contributed by atoms with Crippen molar-refractivity contribution >= 4 is 11.7 Å². The molecule has 0 saturated heterocycles. The Balaban J connectivity index is 2.05. The molecule has 5 heteroatoms. The summed E-state index contributed by atoms with van der Waals surface area (Å²) in [5.41, 5.74) is 2.69. The van der Waals surface area contributed by atoms with Crippen LogP contribution in [0.4, 0.5) is 10.5 Å². The molecule has 0 heterocycles. The average molecular weight is 328 g/mol. The summed E-state index contributed by atoms with van der Waals surface area (Å²) in [6.45, 7) is 2.02. The number of ether oxygens (including phenoxy) is 1. The molecule has 2 aromatic carbocycles. The van der Waals surface area contributed by atoms with Gasteiger partial charge in [0.25, 0.3) is 0 Å². The molecule has 2 rings (SSSR count). The predicted octanol–water partition coefficient (Wildman–Crippen LogP) is 3.64. The number of urea groups is 1. The molecule has 0 aliphatic heterocycles. The number of rotatable bonds is 7. The van der Waals surface area contributed by atoms with Crippen LogP contribution < -0.4 is 15.4 Å². The van der Waals surface area contributed by atoms with Gasteiger partial charge in [0, 0.05) is 12.3 Å². The van der Waals surface area contributed by atoms with Crippen molar-refractivity contribution in [2.75, 3.05) is 19.0 Å². The molecule has 1 atom stereocenters. The predicted molar refractivity (Wildman–Crippen MR) is 95.4 cm³/mol. The standard InChI is InChI=1S/C19H24N2O3/c1-14-13-16(24-2)10-11-17(14)20-19(23)21-18(9-6-12-22)15-7-4-3-5-8-15/h3-5,7-8,10-11,13,18,22H,6,9,12H2,1-2H3,(H2,20,21,23)/t18-/m0/s1. The summed E-state index contributed by atoms with van der Waals surface area (Å²) in [6.07, 6.45) is 1.30. The first-order valence-corrected chi connectivity index (χ1v) is 8.02. The van der Waals surface area contributed by atoms with E-state index in [0.29, 0.717) is 12.8 Å². The highest BCUT2D eigenvalue weighted by Gasteiger charge is 2.14. The van der Waals surface area contributed by atoms with Gasteiger partial charge in [-0.15, -0.1) is 0 Å². The zero-order valence-electron chi connectivity index (χ0n) is 14.1. The van der Waals surface area contributed by atoms with Crippen molar-refractivity contribution < 1.29 is 14.6 Å². The maximum Gasteiger partial charge on any atom is 0.319 e. The van der Waals surface area contributed by atoms with Crippen molar-refractivity contribution in [2.45, 2.75) is 25.8 Å². The van der Waals surface area contributed by atoms with Crippen molar-refractivity contribution in [2.24, 2.45) is 0 Å². The van der Waals surface area contributed by atoms with E-state index in [4.69, 9.17) is 9.84 Å². The van der Waals surface area contributed by atoms with E-state index in [1.54, 1.807) is 7.11 Å². The number of hydrogen-bond donors (Lipinski definition) is 3. The van der Waals surface area contributed by atoms with Gasteiger partial charge < -0.3 is 20.5 Å². The third kappa shape index (κ3) is 4.99. The largest absolute Gasteiger partial charge is 0.497 e. The highest BCUT2D eigenvalue weighted by Crippen LogP contribution is 2.22. The lowest BCUT2D eigenvalue weighted by molar-refractivity contribution is 0.243. The van der Waals surface area contributed by atoms with Gasteiger partial charge in [0.05, 0.1) is 13.2 Å². The van der Waals surface area contributed by atoms with E-state index in [9.17, 15) is 4.79 Å². The minimum atomic E-state index is -0.268. The highest BCUT2D eigenvalue weighted by molar-refractivity contribution is 5.90. The van der Waals surface area contributed by atoms with E-state index in [2.05, 4.69) is 10.6 Å². The van der Waals surface area contributed by atoms with E-state index in [0.717, 1.165) is 22.6 Å². The summed E-state index contributed by atoms with van der Waals surface area (Å²) in [4.78, 5) is 12.4. The average Bonchev–Trinajstić information content (AvgIpc) is 2.61. The Hall–Kier alpha value is -2.53. The molecular weight excluding hydrogens is 304 g/mol. The fourth-order valence-corrected chi connectivity index (χ4v) is 2.52. The van der Waals surface area contributed by atoms with Gasteiger partial charge in [-0.1, -0.05) is 30.3 Å². The maximum absolute atomic E-state index is 12.4. The van der Waals surface area contributed by atoms with Gasteiger partial charge in [-0.05, 0) is 49.1 Å². The Labute approximate surface area is 142 Å². The van der Waals surface area contributed by atoms with E-state index < -0.39 is 0 Å². The van der Waals surface area contributed by atoms with Gasteiger partial charge in [-0.2, -0.15) is 0 Å².